The first-order chi connectivity index (χ1) is 15.4. The molecule has 4 rings (SSSR count). The molecule has 5 nitrogen and oxygen atoms in total. The average molecular weight is 432 g/mol. The van der Waals surface area contributed by atoms with Crippen LogP contribution in [-0.2, 0) is 22.7 Å². The lowest BCUT2D eigenvalue weighted by atomic mass is 10.1. The lowest BCUT2D eigenvalue weighted by molar-refractivity contribution is -0.137. The van der Waals surface area contributed by atoms with Crippen molar-refractivity contribution in [2.75, 3.05) is 11.4 Å². The summed E-state index contributed by atoms with van der Waals surface area (Å²) in [7, 11) is 0. The second kappa shape index (κ2) is 9.30. The number of hydrogen-bond donors (Lipinski definition) is 0. The number of pyridine rings is 1. The molecule has 6 heteroatoms. The Morgan fingerprint density at radius 3 is 2.59 bits per heavy atom. The summed E-state index contributed by atoms with van der Waals surface area (Å²) in [5, 5.41) is 0. The second-order valence-corrected chi connectivity index (χ2v) is 8.23. The SMILES string of the molecule is Cc1cccc(N2CC(C(=O)N(Cc3ccccn3)Cc3ccccc3F)CC2=O)c1C. The summed E-state index contributed by atoms with van der Waals surface area (Å²) in [6.45, 7) is 4.68. The number of aromatic nitrogens is 1. The Bertz CT molecular complexity index is 1130. The van der Waals surface area contributed by atoms with E-state index >= 15 is 0 Å². The molecule has 0 bridgehead atoms. The van der Waals surface area contributed by atoms with Gasteiger partial charge >= 0.3 is 0 Å². The normalized spacial score (nSPS) is 15.8. The monoisotopic (exact) mass is 431 g/mol. The number of benzene rings is 2. The lowest BCUT2D eigenvalue weighted by Gasteiger charge is -2.26. The van der Waals surface area contributed by atoms with Crippen LogP contribution in [0.2, 0.25) is 0 Å². The fraction of sp³-hybridized carbons (Fsp3) is 0.269. The Morgan fingerprint density at radius 2 is 1.84 bits per heavy atom. The predicted octanol–water partition coefficient (Wildman–Crippen LogP) is 4.42. The van der Waals surface area contributed by atoms with Crippen LogP contribution in [-0.4, -0.2) is 28.2 Å². The van der Waals surface area contributed by atoms with Gasteiger partial charge in [0.05, 0.1) is 18.2 Å². The minimum atomic E-state index is -0.488. The molecule has 1 aliphatic rings. The molecular formula is C26H26FN3O2. The van der Waals surface area contributed by atoms with Gasteiger partial charge in [-0.1, -0.05) is 36.4 Å². The van der Waals surface area contributed by atoms with E-state index in [0.717, 1.165) is 16.8 Å². The van der Waals surface area contributed by atoms with Crippen molar-refractivity contribution in [1.29, 1.82) is 0 Å². The highest BCUT2D eigenvalue weighted by atomic mass is 19.1. The fourth-order valence-electron chi connectivity index (χ4n) is 4.12. The first kappa shape index (κ1) is 21.7. The number of hydrogen-bond acceptors (Lipinski definition) is 3. The summed E-state index contributed by atoms with van der Waals surface area (Å²) >= 11 is 0. The highest BCUT2D eigenvalue weighted by molar-refractivity contribution is 6.00. The molecule has 1 atom stereocenters. The zero-order valence-corrected chi connectivity index (χ0v) is 18.3. The van der Waals surface area contributed by atoms with Gasteiger partial charge in [0.2, 0.25) is 11.8 Å². The Morgan fingerprint density at radius 1 is 1.06 bits per heavy atom. The first-order valence-corrected chi connectivity index (χ1v) is 10.7. The summed E-state index contributed by atoms with van der Waals surface area (Å²) < 4.78 is 14.3. The molecule has 1 saturated heterocycles. The molecule has 2 heterocycles. The molecule has 3 aromatic rings. The standard InChI is InChI=1S/C26H26FN3O2/c1-18-8-7-12-24(19(18)2)30-16-21(14-25(30)31)26(32)29(17-22-10-5-6-13-28-22)15-20-9-3-4-11-23(20)27/h3-13,21H,14-17H2,1-2H3. The number of aryl methyl sites for hydroxylation is 1. The van der Waals surface area contributed by atoms with Gasteiger partial charge < -0.3 is 9.80 Å². The van der Waals surface area contributed by atoms with Crippen LogP contribution in [0.15, 0.2) is 66.9 Å². The largest absolute Gasteiger partial charge is 0.332 e. The molecule has 1 aliphatic heterocycles. The maximum atomic E-state index is 14.3. The van der Waals surface area contributed by atoms with Gasteiger partial charge in [0.1, 0.15) is 5.82 Å². The molecule has 0 radical (unpaired) electrons. The minimum Gasteiger partial charge on any atom is -0.332 e. The van der Waals surface area contributed by atoms with Crippen molar-refractivity contribution in [2.45, 2.75) is 33.4 Å². The molecule has 1 fully saturated rings. The quantitative estimate of drug-likeness (QED) is 0.581. The van der Waals surface area contributed by atoms with Crippen LogP contribution >= 0.6 is 0 Å². The van der Waals surface area contributed by atoms with Crippen LogP contribution in [0.25, 0.3) is 0 Å². The topological polar surface area (TPSA) is 53.5 Å². The molecule has 1 unspecified atom stereocenters. The van der Waals surface area contributed by atoms with Crippen LogP contribution < -0.4 is 4.90 Å². The number of halogens is 1. The third-order valence-corrected chi connectivity index (χ3v) is 6.05. The van der Waals surface area contributed by atoms with Gasteiger partial charge in [-0.25, -0.2) is 4.39 Å². The Hall–Kier alpha value is -3.54. The van der Waals surface area contributed by atoms with E-state index in [-0.39, 0.29) is 37.1 Å². The number of nitrogens with zero attached hydrogens (tertiary/aromatic N) is 3. The van der Waals surface area contributed by atoms with Crippen LogP contribution in [0.1, 0.15) is 28.8 Å². The van der Waals surface area contributed by atoms with Crippen molar-refractivity contribution in [3.8, 4) is 0 Å². The van der Waals surface area contributed by atoms with E-state index in [1.165, 1.54) is 6.07 Å². The summed E-state index contributed by atoms with van der Waals surface area (Å²) in [5.74, 6) is -1.08. The van der Waals surface area contributed by atoms with Crippen molar-refractivity contribution in [3.63, 3.8) is 0 Å². The zero-order chi connectivity index (χ0) is 22.7. The van der Waals surface area contributed by atoms with Gasteiger partial charge in [-0.15, -0.1) is 0 Å². The summed E-state index contributed by atoms with van der Waals surface area (Å²) in [4.78, 5) is 34.0. The molecule has 0 aliphatic carbocycles. The van der Waals surface area contributed by atoms with Crippen LogP contribution in [0.4, 0.5) is 10.1 Å². The van der Waals surface area contributed by atoms with E-state index in [4.69, 9.17) is 0 Å². The summed E-state index contributed by atoms with van der Waals surface area (Å²) in [6, 6.07) is 17.8. The van der Waals surface area contributed by atoms with Gasteiger partial charge in [0.15, 0.2) is 0 Å². The van der Waals surface area contributed by atoms with Crippen molar-refractivity contribution < 1.29 is 14.0 Å². The van der Waals surface area contributed by atoms with Crippen molar-refractivity contribution in [2.24, 2.45) is 5.92 Å². The maximum Gasteiger partial charge on any atom is 0.228 e. The van der Waals surface area contributed by atoms with E-state index in [0.29, 0.717) is 17.8 Å². The number of rotatable bonds is 6. The molecule has 164 valence electrons. The molecule has 1 aromatic heterocycles. The first-order valence-electron chi connectivity index (χ1n) is 10.7. The highest BCUT2D eigenvalue weighted by Gasteiger charge is 2.38. The maximum absolute atomic E-state index is 14.3. The Labute approximate surface area is 187 Å². The molecule has 0 spiro atoms. The molecule has 0 saturated carbocycles. The molecule has 2 aromatic carbocycles. The third kappa shape index (κ3) is 4.54. The summed E-state index contributed by atoms with van der Waals surface area (Å²) in [5.41, 5.74) is 4.13. The minimum absolute atomic E-state index is 0.0688. The number of anilines is 1. The number of amides is 2. The van der Waals surface area contributed by atoms with Crippen LogP contribution in [0, 0.1) is 25.6 Å². The molecular weight excluding hydrogens is 405 g/mol. The predicted molar refractivity (Wildman–Crippen MR) is 121 cm³/mol. The van der Waals surface area contributed by atoms with E-state index in [9.17, 15) is 14.0 Å². The smallest absolute Gasteiger partial charge is 0.228 e. The van der Waals surface area contributed by atoms with Crippen LogP contribution in [0.5, 0.6) is 0 Å². The number of carbonyl (C=O) groups is 2. The van der Waals surface area contributed by atoms with Gasteiger partial charge in [0.25, 0.3) is 0 Å². The third-order valence-electron chi connectivity index (χ3n) is 6.05. The molecule has 32 heavy (non-hydrogen) atoms. The molecule has 2 amide bonds. The molecule has 0 N–H and O–H groups in total. The van der Waals surface area contributed by atoms with Gasteiger partial charge in [-0.3, -0.25) is 14.6 Å². The fourth-order valence-corrected chi connectivity index (χ4v) is 4.12. The Balaban J connectivity index is 1.58. The van der Waals surface area contributed by atoms with Crippen molar-refractivity contribution in [3.05, 3.63) is 95.1 Å². The average Bonchev–Trinajstić information content (AvgIpc) is 3.18. The van der Waals surface area contributed by atoms with Crippen LogP contribution in [0.3, 0.4) is 0 Å². The van der Waals surface area contributed by atoms with Gasteiger partial charge in [0, 0.05) is 37.0 Å². The van der Waals surface area contributed by atoms with Crippen molar-refractivity contribution in [1.82, 2.24) is 9.88 Å². The highest BCUT2D eigenvalue weighted by Crippen LogP contribution is 2.30. The Kier molecular flexibility index (Phi) is 6.30. The van der Waals surface area contributed by atoms with Crippen molar-refractivity contribution >= 4 is 17.5 Å². The zero-order valence-electron chi connectivity index (χ0n) is 18.3. The second-order valence-electron chi connectivity index (χ2n) is 8.23. The summed E-state index contributed by atoms with van der Waals surface area (Å²) in [6.07, 6.45) is 1.81. The van der Waals surface area contributed by atoms with E-state index in [1.807, 2.05) is 50.2 Å². The van der Waals surface area contributed by atoms with E-state index in [1.54, 1.807) is 34.2 Å². The van der Waals surface area contributed by atoms with E-state index < -0.39 is 5.92 Å². The number of carbonyl (C=O) groups excluding carboxylic acids is 2. The lowest BCUT2D eigenvalue weighted by Crippen LogP contribution is -2.37. The van der Waals surface area contributed by atoms with Gasteiger partial charge in [-0.05, 0) is 49.2 Å². The van der Waals surface area contributed by atoms with E-state index in [2.05, 4.69) is 4.98 Å². The van der Waals surface area contributed by atoms with Gasteiger partial charge in [-0.2, -0.15) is 0 Å².